The zero-order valence-electron chi connectivity index (χ0n) is 14.8. The molecule has 7 heteroatoms. The number of nitrogens with zero attached hydrogens (tertiary/aromatic N) is 2. The van der Waals surface area contributed by atoms with Crippen LogP contribution in [0.4, 0.5) is 5.69 Å². The third-order valence-corrected chi connectivity index (χ3v) is 4.51. The van der Waals surface area contributed by atoms with Crippen LogP contribution in [-0.4, -0.2) is 49.4 Å². The highest BCUT2D eigenvalue weighted by Gasteiger charge is 2.32. The summed E-state index contributed by atoms with van der Waals surface area (Å²) >= 11 is 6.01. The topological polar surface area (TPSA) is 61.9 Å². The summed E-state index contributed by atoms with van der Waals surface area (Å²) in [5.74, 6) is 0.281. The number of amides is 2. The van der Waals surface area contributed by atoms with E-state index in [1.807, 2.05) is 18.2 Å². The van der Waals surface area contributed by atoms with E-state index in [1.165, 1.54) is 4.90 Å². The molecule has 1 atom stereocenters. The molecule has 6 nitrogen and oxygen atoms in total. The number of likely N-dealkylation sites (N-methyl/N-ethyl adjacent to an activating group) is 1. The van der Waals surface area contributed by atoms with Crippen LogP contribution in [0.3, 0.4) is 0 Å². The van der Waals surface area contributed by atoms with E-state index in [4.69, 9.17) is 16.3 Å². The van der Waals surface area contributed by atoms with Crippen molar-refractivity contribution in [3.05, 3.63) is 58.6 Å². The Balaban J connectivity index is 1.91. The molecule has 3 rings (SSSR count). The van der Waals surface area contributed by atoms with Crippen LogP contribution in [0.25, 0.3) is 0 Å². The van der Waals surface area contributed by atoms with E-state index in [0.717, 1.165) is 5.56 Å². The average Bonchev–Trinajstić information content (AvgIpc) is 2.63. The molecule has 1 aliphatic heterocycles. The highest BCUT2D eigenvalue weighted by atomic mass is 35.5. The Morgan fingerprint density at radius 3 is 2.73 bits per heavy atom. The van der Waals surface area contributed by atoms with Gasteiger partial charge in [0.25, 0.3) is 11.8 Å². The number of rotatable bonds is 4. The van der Waals surface area contributed by atoms with Gasteiger partial charge < -0.3 is 19.9 Å². The van der Waals surface area contributed by atoms with Gasteiger partial charge in [0.2, 0.25) is 0 Å². The summed E-state index contributed by atoms with van der Waals surface area (Å²) in [4.78, 5) is 27.6. The molecule has 2 aromatic rings. The summed E-state index contributed by atoms with van der Waals surface area (Å²) in [7, 11) is 5.06. The minimum absolute atomic E-state index is 0.0689. The van der Waals surface area contributed by atoms with Crippen molar-refractivity contribution in [2.24, 2.45) is 0 Å². The molecule has 26 heavy (non-hydrogen) atoms. The van der Waals surface area contributed by atoms with Gasteiger partial charge in [0.05, 0.1) is 5.56 Å². The molecule has 2 aromatic carbocycles. The number of halogens is 1. The molecule has 136 valence electrons. The van der Waals surface area contributed by atoms with Gasteiger partial charge >= 0.3 is 0 Å². The van der Waals surface area contributed by atoms with E-state index < -0.39 is 6.17 Å². The third kappa shape index (κ3) is 3.46. The van der Waals surface area contributed by atoms with E-state index in [2.05, 4.69) is 5.32 Å². The number of anilines is 1. The number of nitrogens with one attached hydrogen (secondary N) is 1. The first-order valence-electron chi connectivity index (χ1n) is 8.13. The molecule has 0 aliphatic carbocycles. The molecular formula is C19H20ClN3O3. The molecular weight excluding hydrogens is 354 g/mol. The van der Waals surface area contributed by atoms with Crippen molar-refractivity contribution < 1.29 is 14.3 Å². The Morgan fingerprint density at radius 1 is 1.27 bits per heavy atom. The molecule has 0 saturated carbocycles. The first-order valence-corrected chi connectivity index (χ1v) is 8.51. The van der Waals surface area contributed by atoms with Crippen molar-refractivity contribution in [1.82, 2.24) is 9.80 Å². The smallest absolute Gasteiger partial charge is 0.259 e. The highest BCUT2D eigenvalue weighted by Crippen LogP contribution is 2.36. The molecule has 0 radical (unpaired) electrons. The maximum absolute atomic E-state index is 12.7. The number of ether oxygens (including phenoxy) is 1. The predicted molar refractivity (Wildman–Crippen MR) is 101 cm³/mol. The van der Waals surface area contributed by atoms with Gasteiger partial charge in [0.1, 0.15) is 11.9 Å². The molecule has 0 saturated heterocycles. The van der Waals surface area contributed by atoms with Crippen LogP contribution in [-0.2, 0) is 4.79 Å². The molecule has 1 N–H and O–H groups in total. The van der Waals surface area contributed by atoms with E-state index in [0.29, 0.717) is 22.0 Å². The third-order valence-electron chi connectivity index (χ3n) is 4.28. The van der Waals surface area contributed by atoms with Crippen molar-refractivity contribution >= 4 is 29.1 Å². The molecule has 1 aliphatic rings. The van der Waals surface area contributed by atoms with E-state index in [1.54, 1.807) is 50.3 Å². The van der Waals surface area contributed by atoms with Crippen LogP contribution in [0.2, 0.25) is 5.02 Å². The molecule has 1 heterocycles. The lowest BCUT2D eigenvalue weighted by molar-refractivity contribution is -0.130. The first kappa shape index (κ1) is 18.1. The number of para-hydroxylation sites is 1. The zero-order valence-corrected chi connectivity index (χ0v) is 15.6. The molecule has 1 unspecified atom stereocenters. The van der Waals surface area contributed by atoms with E-state index >= 15 is 0 Å². The Labute approximate surface area is 157 Å². The van der Waals surface area contributed by atoms with Crippen LogP contribution in [0.1, 0.15) is 22.1 Å². The summed E-state index contributed by atoms with van der Waals surface area (Å²) in [5.41, 5.74) is 2.01. The van der Waals surface area contributed by atoms with Crippen molar-refractivity contribution in [3.63, 3.8) is 0 Å². The van der Waals surface area contributed by atoms with Crippen molar-refractivity contribution in [1.29, 1.82) is 0 Å². The van der Waals surface area contributed by atoms with Gasteiger partial charge in [-0.2, -0.15) is 0 Å². The van der Waals surface area contributed by atoms with Crippen molar-refractivity contribution in [3.8, 4) is 5.75 Å². The molecule has 0 spiro atoms. The van der Waals surface area contributed by atoms with Crippen LogP contribution >= 0.6 is 11.6 Å². The monoisotopic (exact) mass is 373 g/mol. The van der Waals surface area contributed by atoms with Gasteiger partial charge in [-0.3, -0.25) is 9.59 Å². The normalized spacial score (nSPS) is 15.9. The summed E-state index contributed by atoms with van der Waals surface area (Å²) in [6.45, 7) is -0.0689. The maximum atomic E-state index is 12.7. The second-order valence-corrected chi connectivity index (χ2v) is 6.70. The molecule has 0 aromatic heterocycles. The van der Waals surface area contributed by atoms with Gasteiger partial charge in [-0.25, -0.2) is 0 Å². The average molecular weight is 374 g/mol. The van der Waals surface area contributed by atoms with Gasteiger partial charge in [-0.1, -0.05) is 29.8 Å². The SMILES string of the molecule is CN(C)C(=O)COc1ccccc1C1Nc2ccc(Cl)cc2C(=O)N1C. The lowest BCUT2D eigenvalue weighted by atomic mass is 10.0. The number of fused-ring (bicyclic) bond motifs is 1. The quantitative estimate of drug-likeness (QED) is 0.894. The first-order chi connectivity index (χ1) is 12.4. The number of benzene rings is 2. The summed E-state index contributed by atoms with van der Waals surface area (Å²) in [6, 6.07) is 12.5. The molecule has 0 fully saturated rings. The lowest BCUT2D eigenvalue weighted by Crippen LogP contribution is -2.40. The Hall–Kier alpha value is -2.73. The zero-order chi connectivity index (χ0) is 18.8. The van der Waals surface area contributed by atoms with Crippen LogP contribution in [0.15, 0.2) is 42.5 Å². The van der Waals surface area contributed by atoms with Gasteiger partial charge in [-0.05, 0) is 24.3 Å². The van der Waals surface area contributed by atoms with E-state index in [-0.39, 0.29) is 18.4 Å². The predicted octanol–water partition coefficient (Wildman–Crippen LogP) is 3.00. The maximum Gasteiger partial charge on any atom is 0.259 e. The second kappa shape index (κ2) is 7.25. The van der Waals surface area contributed by atoms with Crippen molar-refractivity contribution in [2.75, 3.05) is 33.1 Å². The van der Waals surface area contributed by atoms with Crippen LogP contribution in [0.5, 0.6) is 5.75 Å². The molecule has 2 amide bonds. The van der Waals surface area contributed by atoms with Gasteiger partial charge in [-0.15, -0.1) is 0 Å². The minimum atomic E-state index is -0.415. The fourth-order valence-electron chi connectivity index (χ4n) is 2.76. The van der Waals surface area contributed by atoms with E-state index in [9.17, 15) is 9.59 Å². The summed E-state index contributed by atoms with van der Waals surface area (Å²) in [5, 5.41) is 3.85. The number of carbonyl (C=O) groups is 2. The largest absolute Gasteiger partial charge is 0.483 e. The Bertz CT molecular complexity index is 854. The number of hydrogen-bond donors (Lipinski definition) is 1. The Kier molecular flexibility index (Phi) is 5.04. The van der Waals surface area contributed by atoms with Crippen LogP contribution in [0, 0.1) is 0 Å². The standard InChI is InChI=1S/C19H20ClN3O3/c1-22(2)17(24)11-26-16-7-5-4-6-13(16)18-21-15-9-8-12(20)10-14(15)19(25)23(18)3/h4-10,18,21H,11H2,1-3H3. The van der Waals surface area contributed by atoms with Crippen molar-refractivity contribution in [2.45, 2.75) is 6.17 Å². The second-order valence-electron chi connectivity index (χ2n) is 6.27. The summed E-state index contributed by atoms with van der Waals surface area (Å²) in [6.07, 6.45) is -0.415. The minimum Gasteiger partial charge on any atom is -0.483 e. The van der Waals surface area contributed by atoms with Gasteiger partial charge in [0, 0.05) is 37.4 Å². The molecule has 0 bridgehead atoms. The summed E-state index contributed by atoms with van der Waals surface area (Å²) < 4.78 is 5.71. The fraction of sp³-hybridized carbons (Fsp3) is 0.263. The lowest BCUT2D eigenvalue weighted by Gasteiger charge is -2.36. The fourth-order valence-corrected chi connectivity index (χ4v) is 2.94. The highest BCUT2D eigenvalue weighted by molar-refractivity contribution is 6.31. The number of carbonyl (C=O) groups excluding carboxylic acids is 2. The van der Waals surface area contributed by atoms with Crippen LogP contribution < -0.4 is 10.1 Å². The van der Waals surface area contributed by atoms with Gasteiger partial charge in [0.15, 0.2) is 6.61 Å². The number of hydrogen-bond acceptors (Lipinski definition) is 4. The Morgan fingerprint density at radius 2 is 2.00 bits per heavy atom.